The van der Waals surface area contributed by atoms with Gasteiger partial charge in [-0.2, -0.15) is 0 Å². The second-order valence-corrected chi connectivity index (χ2v) is 3.87. The molecule has 2 N–H and O–H groups in total. The predicted molar refractivity (Wildman–Crippen MR) is 68.1 cm³/mol. The zero-order valence-corrected chi connectivity index (χ0v) is 9.81. The van der Waals surface area contributed by atoms with Crippen molar-refractivity contribution < 1.29 is 4.92 Å². The minimum Gasteiger partial charge on any atom is -0.388 e. The molecule has 0 heterocycles. The van der Waals surface area contributed by atoms with Gasteiger partial charge in [0.1, 0.15) is 0 Å². The number of hydrogen-bond donors (Lipinski definition) is 2. The number of rotatable bonds is 5. The van der Waals surface area contributed by atoms with Gasteiger partial charge in [-0.3, -0.25) is 10.1 Å². The highest BCUT2D eigenvalue weighted by Gasteiger charge is 2.05. The fourth-order valence-electron chi connectivity index (χ4n) is 1.24. The molecule has 0 saturated carbocycles. The molecule has 0 aliphatic carbocycles. The SMILES string of the molecule is CC(C)N/C=C(\C=N)c1ccc([N+](=O)[O-])cc1. The van der Waals surface area contributed by atoms with Gasteiger partial charge in [0.05, 0.1) is 4.92 Å². The molecule has 1 rings (SSSR count). The lowest BCUT2D eigenvalue weighted by Gasteiger charge is -2.06. The Bertz CT molecular complexity index is 436. The van der Waals surface area contributed by atoms with E-state index in [9.17, 15) is 10.1 Å². The van der Waals surface area contributed by atoms with Gasteiger partial charge in [-0.05, 0) is 31.5 Å². The molecule has 5 nitrogen and oxygen atoms in total. The van der Waals surface area contributed by atoms with Crippen LogP contribution in [0.3, 0.4) is 0 Å². The summed E-state index contributed by atoms with van der Waals surface area (Å²) in [5, 5.41) is 20.9. The van der Waals surface area contributed by atoms with Crippen LogP contribution >= 0.6 is 0 Å². The van der Waals surface area contributed by atoms with E-state index in [0.29, 0.717) is 5.57 Å². The van der Waals surface area contributed by atoms with Crippen LogP contribution in [-0.2, 0) is 0 Å². The fraction of sp³-hybridized carbons (Fsp3) is 0.250. The quantitative estimate of drug-likeness (QED) is 0.466. The van der Waals surface area contributed by atoms with E-state index in [4.69, 9.17) is 5.41 Å². The molecule has 0 amide bonds. The third-order valence-corrected chi connectivity index (χ3v) is 2.14. The molecule has 90 valence electrons. The monoisotopic (exact) mass is 233 g/mol. The summed E-state index contributed by atoms with van der Waals surface area (Å²) in [6, 6.07) is 6.42. The lowest BCUT2D eigenvalue weighted by atomic mass is 10.1. The first-order valence-corrected chi connectivity index (χ1v) is 5.26. The van der Waals surface area contributed by atoms with E-state index >= 15 is 0 Å². The van der Waals surface area contributed by atoms with E-state index < -0.39 is 4.92 Å². The molecule has 0 bridgehead atoms. The normalized spacial score (nSPS) is 11.4. The molecule has 0 radical (unpaired) electrons. The van der Waals surface area contributed by atoms with Gasteiger partial charge in [-0.25, -0.2) is 0 Å². The van der Waals surface area contributed by atoms with E-state index in [2.05, 4.69) is 5.32 Å². The van der Waals surface area contributed by atoms with Crippen molar-refractivity contribution in [3.63, 3.8) is 0 Å². The molecule has 0 aliphatic rings. The molecule has 17 heavy (non-hydrogen) atoms. The topological polar surface area (TPSA) is 79.0 Å². The molecule has 0 aliphatic heterocycles. The van der Waals surface area contributed by atoms with Crippen molar-refractivity contribution in [2.24, 2.45) is 0 Å². The first kappa shape index (κ1) is 12.9. The minimum atomic E-state index is -0.441. The Morgan fingerprint density at radius 1 is 1.41 bits per heavy atom. The number of nitrogens with zero attached hydrogens (tertiary/aromatic N) is 1. The summed E-state index contributed by atoms with van der Waals surface area (Å²) in [4.78, 5) is 10.1. The number of allylic oxidation sites excluding steroid dienone is 1. The van der Waals surface area contributed by atoms with Crippen LogP contribution < -0.4 is 5.32 Å². The largest absolute Gasteiger partial charge is 0.388 e. The number of nitro benzene ring substituents is 1. The summed E-state index contributed by atoms with van der Waals surface area (Å²) in [6.07, 6.45) is 2.95. The minimum absolute atomic E-state index is 0.0508. The van der Waals surface area contributed by atoms with Gasteiger partial charge in [0.2, 0.25) is 0 Å². The van der Waals surface area contributed by atoms with Crippen molar-refractivity contribution in [3.05, 3.63) is 46.1 Å². The third kappa shape index (κ3) is 3.71. The Kier molecular flexibility index (Phi) is 4.39. The highest BCUT2D eigenvalue weighted by Crippen LogP contribution is 2.17. The fourth-order valence-corrected chi connectivity index (χ4v) is 1.24. The molecule has 1 aromatic carbocycles. The lowest BCUT2D eigenvalue weighted by molar-refractivity contribution is -0.384. The Labute approximate surface area is 99.8 Å². The molecule has 0 fully saturated rings. The summed E-state index contributed by atoms with van der Waals surface area (Å²) in [5.74, 6) is 0. The molecule has 0 atom stereocenters. The molecular weight excluding hydrogens is 218 g/mol. The zero-order valence-electron chi connectivity index (χ0n) is 9.81. The van der Waals surface area contributed by atoms with Crippen LogP contribution in [0.15, 0.2) is 30.5 Å². The van der Waals surface area contributed by atoms with Crippen LogP contribution in [0.4, 0.5) is 5.69 Å². The van der Waals surface area contributed by atoms with Crippen molar-refractivity contribution in [1.29, 1.82) is 5.41 Å². The van der Waals surface area contributed by atoms with E-state index in [1.54, 1.807) is 18.3 Å². The molecule has 5 heteroatoms. The van der Waals surface area contributed by atoms with E-state index in [-0.39, 0.29) is 11.7 Å². The summed E-state index contributed by atoms with van der Waals surface area (Å²) < 4.78 is 0. The number of nitrogens with one attached hydrogen (secondary N) is 2. The summed E-state index contributed by atoms with van der Waals surface area (Å²) in [6.45, 7) is 3.99. The molecule has 0 saturated heterocycles. The molecule has 0 aromatic heterocycles. The van der Waals surface area contributed by atoms with Crippen molar-refractivity contribution in [1.82, 2.24) is 5.32 Å². The van der Waals surface area contributed by atoms with Gasteiger partial charge in [-0.15, -0.1) is 0 Å². The number of benzene rings is 1. The maximum absolute atomic E-state index is 10.5. The Hall–Kier alpha value is -2.17. The van der Waals surface area contributed by atoms with Gasteiger partial charge in [-0.1, -0.05) is 0 Å². The first-order chi connectivity index (χ1) is 8.04. The Balaban J connectivity index is 2.93. The van der Waals surface area contributed by atoms with Crippen LogP contribution in [0.25, 0.3) is 5.57 Å². The van der Waals surface area contributed by atoms with Crippen molar-refractivity contribution in [2.75, 3.05) is 0 Å². The lowest BCUT2D eigenvalue weighted by Crippen LogP contribution is -2.16. The van der Waals surface area contributed by atoms with E-state index in [1.807, 2.05) is 13.8 Å². The molecule has 0 spiro atoms. The van der Waals surface area contributed by atoms with Crippen LogP contribution in [0, 0.1) is 15.5 Å². The maximum atomic E-state index is 10.5. The average Bonchev–Trinajstić information content (AvgIpc) is 2.30. The predicted octanol–water partition coefficient (Wildman–Crippen LogP) is 2.58. The highest BCUT2D eigenvalue weighted by molar-refractivity contribution is 6.08. The Morgan fingerprint density at radius 2 is 2.00 bits per heavy atom. The van der Waals surface area contributed by atoms with Gasteiger partial charge in [0.15, 0.2) is 0 Å². The van der Waals surface area contributed by atoms with Crippen LogP contribution in [-0.4, -0.2) is 17.2 Å². The van der Waals surface area contributed by atoms with Gasteiger partial charge in [0, 0.05) is 36.2 Å². The zero-order chi connectivity index (χ0) is 12.8. The summed E-state index contributed by atoms with van der Waals surface area (Å²) >= 11 is 0. The maximum Gasteiger partial charge on any atom is 0.269 e. The van der Waals surface area contributed by atoms with E-state index in [0.717, 1.165) is 5.56 Å². The average molecular weight is 233 g/mol. The van der Waals surface area contributed by atoms with Crippen LogP contribution in [0.1, 0.15) is 19.4 Å². The number of nitro groups is 1. The van der Waals surface area contributed by atoms with Gasteiger partial charge < -0.3 is 10.7 Å². The first-order valence-electron chi connectivity index (χ1n) is 5.26. The number of non-ortho nitro benzene ring substituents is 1. The second kappa shape index (κ2) is 5.79. The van der Waals surface area contributed by atoms with Crippen molar-refractivity contribution >= 4 is 17.5 Å². The Morgan fingerprint density at radius 3 is 2.41 bits per heavy atom. The molecular formula is C12H15N3O2. The van der Waals surface area contributed by atoms with Crippen LogP contribution in [0.5, 0.6) is 0 Å². The van der Waals surface area contributed by atoms with Crippen molar-refractivity contribution in [3.8, 4) is 0 Å². The molecule has 0 unspecified atom stereocenters. The van der Waals surface area contributed by atoms with E-state index in [1.165, 1.54) is 18.3 Å². The second-order valence-electron chi connectivity index (χ2n) is 3.87. The summed E-state index contributed by atoms with van der Waals surface area (Å²) in [5.41, 5.74) is 1.52. The van der Waals surface area contributed by atoms with Gasteiger partial charge in [0.25, 0.3) is 5.69 Å². The molecule has 1 aromatic rings. The third-order valence-electron chi connectivity index (χ3n) is 2.14. The standard InChI is InChI=1S/C12H15N3O2/c1-9(2)14-8-11(7-13)10-3-5-12(6-4-10)15(16)17/h3-9,13-14H,1-2H3/b11-8+,13-7?. The van der Waals surface area contributed by atoms with Gasteiger partial charge >= 0.3 is 0 Å². The highest BCUT2D eigenvalue weighted by atomic mass is 16.6. The summed E-state index contributed by atoms with van der Waals surface area (Å²) in [7, 11) is 0. The van der Waals surface area contributed by atoms with Crippen LogP contribution in [0.2, 0.25) is 0 Å². The smallest absolute Gasteiger partial charge is 0.269 e. The van der Waals surface area contributed by atoms with Crippen molar-refractivity contribution in [2.45, 2.75) is 19.9 Å². The number of hydrogen-bond acceptors (Lipinski definition) is 4.